The smallest absolute Gasteiger partial charge is 0.272 e. The quantitative estimate of drug-likeness (QED) is 0.689. The second-order valence-corrected chi connectivity index (χ2v) is 4.45. The second-order valence-electron chi connectivity index (χ2n) is 4.45. The van der Waals surface area contributed by atoms with Crippen molar-refractivity contribution in [2.24, 2.45) is 5.73 Å². The van der Waals surface area contributed by atoms with Gasteiger partial charge in [-0.1, -0.05) is 6.07 Å². The Kier molecular flexibility index (Phi) is 4.13. The molecule has 5 nitrogen and oxygen atoms in total. The molecule has 2 aromatic rings. The molecule has 1 atom stereocenters. The van der Waals surface area contributed by atoms with Gasteiger partial charge in [-0.25, -0.2) is 8.78 Å². The van der Waals surface area contributed by atoms with E-state index in [0.717, 1.165) is 12.1 Å². The largest absolute Gasteiger partial charge is 0.451 e. The Morgan fingerprint density at radius 3 is 2.19 bits per heavy atom. The van der Waals surface area contributed by atoms with Crippen molar-refractivity contribution in [3.05, 3.63) is 63.7 Å². The summed E-state index contributed by atoms with van der Waals surface area (Å²) in [7, 11) is 0. The minimum absolute atomic E-state index is 0.188. The number of nitro groups is 1. The maximum absolute atomic E-state index is 13.8. The van der Waals surface area contributed by atoms with Crippen molar-refractivity contribution in [3.8, 4) is 11.5 Å². The van der Waals surface area contributed by atoms with Gasteiger partial charge in [0.25, 0.3) is 5.69 Å². The number of halogens is 2. The molecule has 21 heavy (non-hydrogen) atoms. The van der Waals surface area contributed by atoms with Crippen molar-refractivity contribution in [3.63, 3.8) is 0 Å². The molecule has 0 amide bonds. The predicted octanol–water partition coefficient (Wildman–Crippen LogP) is 3.69. The molecule has 0 saturated heterocycles. The molecule has 0 bridgehead atoms. The molecule has 0 aliphatic carbocycles. The first-order valence-electron chi connectivity index (χ1n) is 6.05. The lowest BCUT2D eigenvalue weighted by molar-refractivity contribution is -0.385. The average Bonchev–Trinajstić information content (AvgIpc) is 2.42. The van der Waals surface area contributed by atoms with E-state index in [-0.39, 0.29) is 17.5 Å². The average molecular weight is 294 g/mol. The molecule has 0 aliphatic heterocycles. The molecule has 0 radical (unpaired) electrons. The molecule has 2 rings (SSSR count). The molecule has 0 fully saturated rings. The van der Waals surface area contributed by atoms with Gasteiger partial charge in [-0.2, -0.15) is 0 Å². The molecule has 0 heterocycles. The van der Waals surface area contributed by atoms with Gasteiger partial charge < -0.3 is 10.5 Å². The fourth-order valence-corrected chi connectivity index (χ4v) is 1.69. The monoisotopic (exact) mass is 294 g/mol. The minimum atomic E-state index is -0.945. The molecular formula is C14H12F2N2O3. The molecule has 0 spiro atoms. The standard InChI is InChI=1S/C14H12F2N2O3/c1-8(17)9-2-4-13(11(15)6-9)21-14-5-3-10(18(19)20)7-12(14)16/h2-8H,17H2,1H3/t8-/m1/s1. The number of nitro benzene ring substituents is 1. The summed E-state index contributed by atoms with van der Waals surface area (Å²) in [6.07, 6.45) is 0. The first-order chi connectivity index (χ1) is 9.88. The number of non-ortho nitro benzene ring substituents is 1. The van der Waals surface area contributed by atoms with Crippen LogP contribution in [0, 0.1) is 21.7 Å². The Hall–Kier alpha value is -2.54. The van der Waals surface area contributed by atoms with Crippen LogP contribution in [-0.2, 0) is 0 Å². The summed E-state index contributed by atoms with van der Waals surface area (Å²) in [5.74, 6) is -2.12. The van der Waals surface area contributed by atoms with E-state index in [9.17, 15) is 18.9 Å². The third kappa shape index (κ3) is 3.32. The molecular weight excluding hydrogens is 282 g/mol. The van der Waals surface area contributed by atoms with Crippen molar-refractivity contribution in [2.45, 2.75) is 13.0 Å². The SMILES string of the molecule is C[C@@H](N)c1ccc(Oc2ccc([N+](=O)[O-])cc2F)c(F)c1. The third-order valence-electron chi connectivity index (χ3n) is 2.83. The van der Waals surface area contributed by atoms with E-state index in [1.54, 1.807) is 13.0 Å². The van der Waals surface area contributed by atoms with Gasteiger partial charge in [0.15, 0.2) is 23.1 Å². The molecule has 0 saturated carbocycles. The van der Waals surface area contributed by atoms with Crippen molar-refractivity contribution in [1.82, 2.24) is 0 Å². The van der Waals surface area contributed by atoms with Crippen LogP contribution in [0.15, 0.2) is 36.4 Å². The number of benzene rings is 2. The summed E-state index contributed by atoms with van der Waals surface area (Å²) in [6, 6.07) is 6.61. The molecule has 0 aromatic heterocycles. The summed E-state index contributed by atoms with van der Waals surface area (Å²) in [5, 5.41) is 10.5. The Labute approximate surface area is 119 Å². The van der Waals surface area contributed by atoms with Crippen LogP contribution in [0.4, 0.5) is 14.5 Å². The summed E-state index contributed by atoms with van der Waals surface area (Å²) >= 11 is 0. The van der Waals surface area contributed by atoms with Gasteiger partial charge >= 0.3 is 0 Å². The number of nitrogens with zero attached hydrogens (tertiary/aromatic N) is 1. The maximum Gasteiger partial charge on any atom is 0.272 e. The zero-order chi connectivity index (χ0) is 15.6. The van der Waals surface area contributed by atoms with Gasteiger partial charge in [-0.15, -0.1) is 0 Å². The first-order valence-corrected chi connectivity index (χ1v) is 6.05. The number of rotatable bonds is 4. The summed E-state index contributed by atoms with van der Waals surface area (Å²) in [5.41, 5.74) is 5.79. The van der Waals surface area contributed by atoms with Crippen LogP contribution in [0.3, 0.4) is 0 Å². The lowest BCUT2D eigenvalue weighted by Gasteiger charge is -2.10. The Morgan fingerprint density at radius 2 is 1.71 bits per heavy atom. The fourth-order valence-electron chi connectivity index (χ4n) is 1.69. The Balaban J connectivity index is 2.28. The predicted molar refractivity (Wildman–Crippen MR) is 72.1 cm³/mol. The zero-order valence-corrected chi connectivity index (χ0v) is 11.0. The van der Waals surface area contributed by atoms with Gasteiger partial charge in [0, 0.05) is 12.1 Å². The summed E-state index contributed by atoms with van der Waals surface area (Å²) in [6.45, 7) is 1.70. The topological polar surface area (TPSA) is 78.4 Å². The zero-order valence-electron chi connectivity index (χ0n) is 11.0. The van der Waals surface area contributed by atoms with E-state index in [0.29, 0.717) is 11.6 Å². The molecule has 0 unspecified atom stereocenters. The fraction of sp³-hybridized carbons (Fsp3) is 0.143. The second kappa shape index (κ2) is 5.84. The van der Waals surface area contributed by atoms with Gasteiger partial charge in [0.2, 0.25) is 0 Å². The van der Waals surface area contributed by atoms with Gasteiger partial charge in [-0.3, -0.25) is 10.1 Å². The van der Waals surface area contributed by atoms with E-state index in [1.165, 1.54) is 12.1 Å². The number of hydrogen-bond acceptors (Lipinski definition) is 4. The van der Waals surface area contributed by atoms with Crippen LogP contribution in [-0.4, -0.2) is 4.92 Å². The van der Waals surface area contributed by atoms with Crippen LogP contribution >= 0.6 is 0 Å². The highest BCUT2D eigenvalue weighted by molar-refractivity contribution is 5.41. The number of hydrogen-bond donors (Lipinski definition) is 1. The summed E-state index contributed by atoms with van der Waals surface area (Å²) in [4.78, 5) is 9.77. The lowest BCUT2D eigenvalue weighted by Crippen LogP contribution is -2.05. The highest BCUT2D eigenvalue weighted by Gasteiger charge is 2.14. The van der Waals surface area contributed by atoms with E-state index in [1.807, 2.05) is 0 Å². The minimum Gasteiger partial charge on any atom is -0.451 e. The highest BCUT2D eigenvalue weighted by Crippen LogP contribution is 2.30. The van der Waals surface area contributed by atoms with Crippen molar-refractivity contribution >= 4 is 5.69 Å². The van der Waals surface area contributed by atoms with Crippen molar-refractivity contribution < 1.29 is 18.4 Å². The molecule has 110 valence electrons. The van der Waals surface area contributed by atoms with E-state index < -0.39 is 22.2 Å². The van der Waals surface area contributed by atoms with Crippen molar-refractivity contribution in [2.75, 3.05) is 0 Å². The van der Waals surface area contributed by atoms with Gasteiger partial charge in [0.05, 0.1) is 11.0 Å². The van der Waals surface area contributed by atoms with Crippen LogP contribution < -0.4 is 10.5 Å². The van der Waals surface area contributed by atoms with Gasteiger partial charge in [-0.05, 0) is 30.7 Å². The van der Waals surface area contributed by atoms with E-state index >= 15 is 0 Å². The van der Waals surface area contributed by atoms with Gasteiger partial charge in [0.1, 0.15) is 0 Å². The van der Waals surface area contributed by atoms with E-state index in [2.05, 4.69) is 0 Å². The summed E-state index contributed by atoms with van der Waals surface area (Å²) < 4.78 is 32.6. The molecule has 0 aliphatic rings. The molecule has 2 aromatic carbocycles. The van der Waals surface area contributed by atoms with Crippen LogP contribution in [0.1, 0.15) is 18.5 Å². The first kappa shape index (κ1) is 14.9. The van der Waals surface area contributed by atoms with Crippen LogP contribution in [0.25, 0.3) is 0 Å². The number of ether oxygens (including phenoxy) is 1. The highest BCUT2D eigenvalue weighted by atomic mass is 19.1. The lowest BCUT2D eigenvalue weighted by atomic mass is 10.1. The van der Waals surface area contributed by atoms with Crippen LogP contribution in [0.5, 0.6) is 11.5 Å². The molecule has 2 N–H and O–H groups in total. The Morgan fingerprint density at radius 1 is 1.14 bits per heavy atom. The Bertz CT molecular complexity index is 690. The van der Waals surface area contributed by atoms with Crippen molar-refractivity contribution in [1.29, 1.82) is 0 Å². The third-order valence-corrected chi connectivity index (χ3v) is 2.83. The van der Waals surface area contributed by atoms with Crippen LogP contribution in [0.2, 0.25) is 0 Å². The van der Waals surface area contributed by atoms with E-state index in [4.69, 9.17) is 10.5 Å². The maximum atomic E-state index is 13.8. The molecule has 7 heteroatoms. The normalized spacial score (nSPS) is 12.0. The number of nitrogens with two attached hydrogens (primary N) is 1.